The first-order valence-electron chi connectivity index (χ1n) is 5.56. The molecule has 0 aliphatic heterocycles. The van der Waals surface area contributed by atoms with Gasteiger partial charge in [-0.15, -0.1) is 11.3 Å². The Morgan fingerprint density at radius 3 is 2.78 bits per heavy atom. The molecule has 5 heteroatoms. The quantitative estimate of drug-likeness (QED) is 0.665. The minimum absolute atomic E-state index is 0.126. The summed E-state index contributed by atoms with van der Waals surface area (Å²) in [4.78, 5) is 1.11. The Labute approximate surface area is 115 Å². The van der Waals surface area contributed by atoms with Crippen molar-refractivity contribution >= 4 is 22.9 Å². The van der Waals surface area contributed by atoms with Crippen LogP contribution >= 0.6 is 22.9 Å². The van der Waals surface area contributed by atoms with E-state index in [1.54, 1.807) is 23.5 Å². The molecule has 0 bridgehead atoms. The molecular weight excluding hydrogens is 271 g/mol. The predicted octanol–water partition coefficient (Wildman–Crippen LogP) is 3.60. The van der Waals surface area contributed by atoms with E-state index in [9.17, 15) is 4.39 Å². The van der Waals surface area contributed by atoms with Crippen molar-refractivity contribution in [2.24, 2.45) is 5.84 Å². The molecule has 1 aromatic heterocycles. The van der Waals surface area contributed by atoms with E-state index < -0.39 is 0 Å². The second-order valence-electron chi connectivity index (χ2n) is 4.09. The van der Waals surface area contributed by atoms with E-state index >= 15 is 0 Å². The van der Waals surface area contributed by atoms with Gasteiger partial charge in [0.25, 0.3) is 0 Å². The lowest BCUT2D eigenvalue weighted by Crippen LogP contribution is -2.29. The molecule has 0 radical (unpaired) electrons. The molecule has 0 saturated carbocycles. The number of aryl methyl sites for hydroxylation is 1. The fraction of sp³-hybridized carbons (Fsp3) is 0.231. The van der Waals surface area contributed by atoms with E-state index in [-0.39, 0.29) is 11.9 Å². The van der Waals surface area contributed by atoms with Crippen molar-refractivity contribution in [3.05, 3.63) is 56.5 Å². The van der Waals surface area contributed by atoms with Gasteiger partial charge in [0.1, 0.15) is 5.82 Å². The Kier molecular flexibility index (Phi) is 4.35. The van der Waals surface area contributed by atoms with Gasteiger partial charge in [0.15, 0.2) is 0 Å². The van der Waals surface area contributed by atoms with Gasteiger partial charge in [-0.25, -0.2) is 4.39 Å². The lowest BCUT2D eigenvalue weighted by molar-refractivity contribution is 0.534. The SMILES string of the molecule is Cc1ccsc1C(Cc1c(F)cccc1Cl)NN. The molecule has 0 spiro atoms. The third-order valence-corrected chi connectivity index (χ3v) is 4.38. The molecule has 1 atom stereocenters. The van der Waals surface area contributed by atoms with Crippen molar-refractivity contribution in [3.63, 3.8) is 0 Å². The predicted molar refractivity (Wildman–Crippen MR) is 74.2 cm³/mol. The number of thiophene rings is 1. The van der Waals surface area contributed by atoms with Gasteiger partial charge in [0, 0.05) is 15.5 Å². The van der Waals surface area contributed by atoms with E-state index in [1.165, 1.54) is 6.07 Å². The van der Waals surface area contributed by atoms with Gasteiger partial charge in [0.2, 0.25) is 0 Å². The van der Waals surface area contributed by atoms with Crippen LogP contribution in [0.15, 0.2) is 29.6 Å². The summed E-state index contributed by atoms with van der Waals surface area (Å²) in [5, 5.41) is 2.43. The van der Waals surface area contributed by atoms with Crippen LogP contribution in [0.3, 0.4) is 0 Å². The first kappa shape index (κ1) is 13.5. The molecular formula is C13H14ClFN2S. The molecule has 2 nitrogen and oxygen atoms in total. The highest BCUT2D eigenvalue weighted by molar-refractivity contribution is 7.10. The largest absolute Gasteiger partial charge is 0.271 e. The van der Waals surface area contributed by atoms with Crippen LogP contribution in [-0.2, 0) is 6.42 Å². The molecule has 3 N–H and O–H groups in total. The van der Waals surface area contributed by atoms with Gasteiger partial charge < -0.3 is 0 Å². The standard InChI is InChI=1S/C13H14ClFN2S/c1-8-5-6-18-13(8)12(17-16)7-9-10(14)3-2-4-11(9)15/h2-6,12,17H,7,16H2,1H3. The number of nitrogens with two attached hydrogens (primary N) is 1. The van der Waals surface area contributed by atoms with Gasteiger partial charge in [-0.1, -0.05) is 17.7 Å². The van der Waals surface area contributed by atoms with E-state index in [2.05, 4.69) is 5.43 Å². The maximum atomic E-state index is 13.7. The molecule has 0 aliphatic rings. The van der Waals surface area contributed by atoms with Crippen LogP contribution in [0, 0.1) is 12.7 Å². The van der Waals surface area contributed by atoms with Crippen LogP contribution in [-0.4, -0.2) is 0 Å². The van der Waals surface area contributed by atoms with Crippen molar-refractivity contribution in [2.75, 3.05) is 0 Å². The van der Waals surface area contributed by atoms with Crippen LogP contribution in [0.25, 0.3) is 0 Å². The Hall–Kier alpha value is -0.940. The number of hydrazine groups is 1. The third-order valence-electron chi connectivity index (χ3n) is 2.89. The maximum absolute atomic E-state index is 13.7. The summed E-state index contributed by atoms with van der Waals surface area (Å²) in [6.45, 7) is 2.01. The number of halogens is 2. The molecule has 2 rings (SSSR count). The number of hydrogen-bond acceptors (Lipinski definition) is 3. The average Bonchev–Trinajstić information content (AvgIpc) is 2.76. The smallest absolute Gasteiger partial charge is 0.127 e. The summed E-state index contributed by atoms with van der Waals surface area (Å²) in [6, 6.07) is 6.60. The number of rotatable bonds is 4. The zero-order valence-electron chi connectivity index (χ0n) is 9.91. The summed E-state index contributed by atoms with van der Waals surface area (Å²) >= 11 is 7.63. The number of nitrogens with one attached hydrogen (secondary N) is 1. The van der Waals surface area contributed by atoms with E-state index in [4.69, 9.17) is 17.4 Å². The van der Waals surface area contributed by atoms with Crippen molar-refractivity contribution in [1.82, 2.24) is 5.43 Å². The summed E-state index contributed by atoms with van der Waals surface area (Å²) in [5.74, 6) is 5.28. The van der Waals surface area contributed by atoms with Crippen LogP contribution in [0.5, 0.6) is 0 Å². The highest BCUT2D eigenvalue weighted by Crippen LogP contribution is 2.29. The minimum atomic E-state index is -0.294. The highest BCUT2D eigenvalue weighted by atomic mass is 35.5. The summed E-state index contributed by atoms with van der Waals surface area (Å²) in [5.41, 5.74) is 4.38. The van der Waals surface area contributed by atoms with Gasteiger partial charge in [-0.05, 0) is 42.5 Å². The minimum Gasteiger partial charge on any atom is -0.271 e. The summed E-state index contributed by atoms with van der Waals surface area (Å²) in [6.07, 6.45) is 0.434. The highest BCUT2D eigenvalue weighted by Gasteiger charge is 2.18. The molecule has 0 aliphatic carbocycles. The van der Waals surface area contributed by atoms with E-state index in [0.29, 0.717) is 17.0 Å². The van der Waals surface area contributed by atoms with Crippen molar-refractivity contribution in [2.45, 2.75) is 19.4 Å². The normalized spacial score (nSPS) is 12.7. The first-order chi connectivity index (χ1) is 8.63. The fourth-order valence-corrected chi connectivity index (χ4v) is 3.13. The second kappa shape index (κ2) is 5.80. The topological polar surface area (TPSA) is 38.0 Å². The number of hydrogen-bond donors (Lipinski definition) is 2. The molecule has 1 heterocycles. The molecule has 0 saturated heterocycles. The molecule has 1 unspecified atom stereocenters. The average molecular weight is 285 g/mol. The Bertz CT molecular complexity index is 521. The van der Waals surface area contributed by atoms with Gasteiger partial charge >= 0.3 is 0 Å². The molecule has 96 valence electrons. The van der Waals surface area contributed by atoms with E-state index in [0.717, 1.165) is 10.4 Å². The molecule has 0 fully saturated rings. The fourth-order valence-electron chi connectivity index (χ4n) is 1.90. The van der Waals surface area contributed by atoms with Gasteiger partial charge in [0.05, 0.1) is 6.04 Å². The Balaban J connectivity index is 2.29. The second-order valence-corrected chi connectivity index (χ2v) is 5.45. The Morgan fingerprint density at radius 1 is 1.44 bits per heavy atom. The third kappa shape index (κ3) is 2.72. The molecule has 1 aromatic carbocycles. The summed E-state index contributed by atoms with van der Waals surface area (Å²) < 4.78 is 13.7. The molecule has 2 aromatic rings. The zero-order chi connectivity index (χ0) is 13.1. The van der Waals surface area contributed by atoms with Gasteiger partial charge in [-0.3, -0.25) is 11.3 Å². The monoisotopic (exact) mass is 284 g/mol. The van der Waals surface area contributed by atoms with Gasteiger partial charge in [-0.2, -0.15) is 0 Å². The first-order valence-corrected chi connectivity index (χ1v) is 6.82. The van der Waals surface area contributed by atoms with Crippen LogP contribution in [0.2, 0.25) is 5.02 Å². The molecule has 18 heavy (non-hydrogen) atoms. The number of benzene rings is 1. The van der Waals surface area contributed by atoms with Crippen LogP contribution < -0.4 is 11.3 Å². The van der Waals surface area contributed by atoms with Crippen molar-refractivity contribution < 1.29 is 4.39 Å². The Morgan fingerprint density at radius 2 is 2.22 bits per heavy atom. The van der Waals surface area contributed by atoms with E-state index in [1.807, 2.05) is 18.4 Å². The zero-order valence-corrected chi connectivity index (χ0v) is 11.5. The van der Waals surface area contributed by atoms with Crippen LogP contribution in [0.1, 0.15) is 22.0 Å². The maximum Gasteiger partial charge on any atom is 0.127 e. The lowest BCUT2D eigenvalue weighted by atomic mass is 10.0. The van der Waals surface area contributed by atoms with Crippen molar-refractivity contribution in [3.8, 4) is 0 Å². The van der Waals surface area contributed by atoms with Crippen molar-refractivity contribution in [1.29, 1.82) is 0 Å². The summed E-state index contributed by atoms with van der Waals surface area (Å²) in [7, 11) is 0. The lowest BCUT2D eigenvalue weighted by Gasteiger charge is -2.17. The molecule has 0 amide bonds. The van der Waals surface area contributed by atoms with Crippen LogP contribution in [0.4, 0.5) is 4.39 Å².